The second-order valence-corrected chi connectivity index (χ2v) is 40.2. The number of fused-ring (bicyclic) bond motifs is 12. The largest absolute Gasteiger partial charge is 0.310 e. The quantitative estimate of drug-likeness (QED) is 0.134. The molecule has 2 saturated carbocycles. The normalized spacial score (nSPS) is 16.4. The third-order valence-corrected chi connectivity index (χ3v) is 26.5. The summed E-state index contributed by atoms with van der Waals surface area (Å²) < 4.78 is 5.21. The van der Waals surface area contributed by atoms with E-state index in [1.54, 1.807) is 0 Å². The summed E-state index contributed by atoms with van der Waals surface area (Å²) in [6.45, 7) is 42.3. The van der Waals surface area contributed by atoms with E-state index in [1.165, 1.54) is 203 Å². The van der Waals surface area contributed by atoms with Gasteiger partial charge in [-0.2, -0.15) is 0 Å². The Morgan fingerprint density at radius 2 is 0.588 bits per heavy atom. The number of rotatable bonds is 9. The molecular formula is C109H109BN4. The molecule has 1 unspecified atom stereocenters. The summed E-state index contributed by atoms with van der Waals surface area (Å²) in [6.07, 6.45) is 5.03. The zero-order valence-electron chi connectivity index (χ0n) is 70.3. The fraction of sp³-hybridized carbons (Fsp3) is 0.284. The highest BCUT2D eigenvalue weighted by atomic mass is 15.2. The summed E-state index contributed by atoms with van der Waals surface area (Å²) in [7, 11) is 0. The number of hydrogen-bond acceptors (Lipinski definition) is 2. The van der Waals surface area contributed by atoms with Crippen molar-refractivity contribution < 1.29 is 0 Å². The number of hydrogen-bond donors (Lipinski definition) is 0. The minimum atomic E-state index is -0.225. The highest BCUT2D eigenvalue weighted by Crippen LogP contribution is 2.59. The van der Waals surface area contributed by atoms with Crippen LogP contribution < -0.4 is 26.2 Å². The van der Waals surface area contributed by atoms with Gasteiger partial charge >= 0.3 is 0 Å². The van der Waals surface area contributed by atoms with Crippen LogP contribution in [0.4, 0.5) is 34.1 Å². The number of benzene rings is 13. The van der Waals surface area contributed by atoms with E-state index in [0.717, 1.165) is 11.4 Å². The van der Waals surface area contributed by atoms with Gasteiger partial charge in [0, 0.05) is 77.9 Å². The first-order chi connectivity index (χ1) is 54.3. The second kappa shape index (κ2) is 26.3. The molecule has 2 fully saturated rings. The molecule has 0 amide bonds. The van der Waals surface area contributed by atoms with Crippen molar-refractivity contribution in [3.05, 3.63) is 306 Å². The van der Waals surface area contributed by atoms with E-state index in [-0.39, 0.29) is 39.2 Å². The standard InChI is InChI=1S/C109H109BN4/c1-104(2,3)74-41-49-93-87(57-74)88-58-75(105(4,5)6)42-50-94(88)111(93)80-45-47-91-97(65-80)113(102-83(68-31-23-19-24-32-68)61-78(108(13,14)15)62-84(102)69-33-25-20-26-34-69)99-55-73(82-54-67-39-40-72(82)53-67)56-100-101(99)110(91)92-48-46-81(112-95-51-43-76(106(7,8)9)59-89(95)90-60-77(107(10,11)12)44-52-96(90)112)66-98(92)114(100)103-85(70-35-27-21-28-36-70)63-79(109(16,17)18)64-86(103)71-37-29-22-30-38-71/h19-38,41-52,55-67,72,82H,39-40,53-54H2,1-18H3/t67-,72+,82?/m0/s1. The molecule has 2 bridgehead atoms. The molecule has 568 valence electrons. The van der Waals surface area contributed by atoms with Crippen molar-refractivity contribution in [2.45, 2.75) is 189 Å². The van der Waals surface area contributed by atoms with E-state index < -0.39 is 0 Å². The van der Waals surface area contributed by atoms with Crippen LogP contribution in [-0.4, -0.2) is 15.8 Å². The molecule has 0 N–H and O–H groups in total. The maximum atomic E-state index is 2.83. The van der Waals surface area contributed by atoms with Gasteiger partial charge in [0.1, 0.15) is 0 Å². The van der Waals surface area contributed by atoms with Gasteiger partial charge in [0.2, 0.25) is 0 Å². The highest BCUT2D eigenvalue weighted by molar-refractivity contribution is 7.00. The van der Waals surface area contributed by atoms with Crippen LogP contribution in [0, 0.1) is 11.8 Å². The first-order valence-electron chi connectivity index (χ1n) is 42.2. The third-order valence-electron chi connectivity index (χ3n) is 26.5. The monoisotopic (exact) mass is 1480 g/mol. The van der Waals surface area contributed by atoms with E-state index in [2.05, 4.69) is 410 Å². The minimum absolute atomic E-state index is 0.0559. The van der Waals surface area contributed by atoms with Gasteiger partial charge in [-0.25, -0.2) is 0 Å². The van der Waals surface area contributed by atoms with Crippen molar-refractivity contribution in [1.82, 2.24) is 9.13 Å². The summed E-state index contributed by atoms with van der Waals surface area (Å²) >= 11 is 0. The fourth-order valence-electron chi connectivity index (χ4n) is 20.1. The molecule has 0 spiro atoms. The van der Waals surface area contributed by atoms with E-state index in [1.807, 2.05) is 0 Å². The van der Waals surface area contributed by atoms with E-state index in [9.17, 15) is 0 Å². The van der Waals surface area contributed by atoms with Gasteiger partial charge in [-0.15, -0.1) is 0 Å². The summed E-state index contributed by atoms with van der Waals surface area (Å²) in [4.78, 5) is 5.66. The van der Waals surface area contributed by atoms with Crippen molar-refractivity contribution in [3.63, 3.8) is 0 Å². The second-order valence-electron chi connectivity index (χ2n) is 40.2. The molecule has 114 heavy (non-hydrogen) atoms. The Hall–Kier alpha value is -10.9. The third kappa shape index (κ3) is 12.2. The smallest absolute Gasteiger partial charge is 0.252 e. The topological polar surface area (TPSA) is 16.3 Å². The number of aromatic nitrogens is 2. The highest BCUT2D eigenvalue weighted by Gasteiger charge is 2.48. The Morgan fingerprint density at radius 3 is 0.860 bits per heavy atom. The van der Waals surface area contributed by atoms with Crippen LogP contribution >= 0.6 is 0 Å². The Balaban J connectivity index is 1.00. The number of anilines is 6. The van der Waals surface area contributed by atoms with Crippen LogP contribution in [0.5, 0.6) is 0 Å². The lowest BCUT2D eigenvalue weighted by Crippen LogP contribution is -2.61. The lowest BCUT2D eigenvalue weighted by molar-refractivity contribution is 0.420. The van der Waals surface area contributed by atoms with Gasteiger partial charge in [0.25, 0.3) is 6.71 Å². The molecule has 15 aromatic rings. The first-order valence-corrected chi connectivity index (χ1v) is 42.2. The van der Waals surface area contributed by atoms with Gasteiger partial charge < -0.3 is 18.9 Å². The van der Waals surface area contributed by atoms with Crippen molar-refractivity contribution >= 4 is 101 Å². The van der Waals surface area contributed by atoms with E-state index in [4.69, 9.17) is 0 Å². The molecule has 2 aliphatic carbocycles. The predicted octanol–water partition coefficient (Wildman–Crippen LogP) is 28.3. The first kappa shape index (κ1) is 73.3. The van der Waals surface area contributed by atoms with Crippen molar-refractivity contribution in [2.75, 3.05) is 9.80 Å². The molecule has 0 saturated heterocycles. The van der Waals surface area contributed by atoms with Crippen LogP contribution in [0.2, 0.25) is 0 Å². The zero-order valence-corrected chi connectivity index (χ0v) is 70.3. The number of nitrogens with zero attached hydrogens (tertiary/aromatic N) is 4. The molecule has 0 radical (unpaired) electrons. The average molecular weight is 1490 g/mol. The summed E-state index contributed by atoms with van der Waals surface area (Å²) in [5.74, 6) is 1.65. The Kier molecular flexibility index (Phi) is 16.9. The molecule has 3 atom stereocenters. The molecule has 4 heterocycles. The summed E-state index contributed by atoms with van der Waals surface area (Å²) in [6, 6.07) is 106. The van der Waals surface area contributed by atoms with Gasteiger partial charge in [-0.1, -0.05) is 289 Å². The maximum Gasteiger partial charge on any atom is 0.252 e. The van der Waals surface area contributed by atoms with Gasteiger partial charge in [0.05, 0.1) is 33.4 Å². The minimum Gasteiger partial charge on any atom is -0.310 e. The average Bonchev–Trinajstić information content (AvgIpc) is 0.844. The lowest BCUT2D eigenvalue weighted by Gasteiger charge is -2.46. The zero-order chi connectivity index (χ0) is 79.2. The summed E-state index contributed by atoms with van der Waals surface area (Å²) in [5.41, 5.74) is 36.5. The molecule has 2 aliphatic heterocycles. The predicted molar refractivity (Wildman–Crippen MR) is 491 cm³/mol. The Morgan fingerprint density at radius 1 is 0.281 bits per heavy atom. The lowest BCUT2D eigenvalue weighted by atomic mass is 9.33. The molecular weight excluding hydrogens is 1380 g/mol. The molecule has 2 aromatic heterocycles. The SMILES string of the molecule is CC(C)(C)c1cc(-c2ccccc2)c(N2c3cc(-n4c5ccc(C(C)(C)C)cc5c5cc(C(C)(C)C)ccc54)ccc3B3c4ccc(-n5c6ccc(C(C)(C)C)cc6c6cc(C(C)(C)C)ccc65)cc4N(c4c(-c5ccccc5)cc(C(C)(C)C)cc4-c4ccccc4)c4cc(C5C[C@H]6CC[C@@H]5C6)cc2c43)c(-c2ccccc2)c1. The van der Waals surface area contributed by atoms with Crippen molar-refractivity contribution in [2.24, 2.45) is 11.8 Å². The van der Waals surface area contributed by atoms with Crippen LogP contribution in [-0.2, 0) is 32.5 Å². The molecule has 19 rings (SSSR count). The Labute approximate surface area is 677 Å². The van der Waals surface area contributed by atoms with E-state index in [0.29, 0.717) is 17.8 Å². The van der Waals surface area contributed by atoms with Crippen LogP contribution in [0.1, 0.15) is 195 Å². The maximum absolute atomic E-state index is 2.83. The molecule has 13 aromatic carbocycles. The fourth-order valence-corrected chi connectivity index (χ4v) is 20.1. The van der Waals surface area contributed by atoms with Crippen molar-refractivity contribution in [1.29, 1.82) is 0 Å². The summed E-state index contributed by atoms with van der Waals surface area (Å²) in [5, 5.41) is 5.13. The van der Waals surface area contributed by atoms with Crippen LogP contribution in [0.25, 0.3) is 99.5 Å². The van der Waals surface area contributed by atoms with Crippen LogP contribution in [0.15, 0.2) is 267 Å². The van der Waals surface area contributed by atoms with Gasteiger partial charge in [0.15, 0.2) is 0 Å². The van der Waals surface area contributed by atoms with Gasteiger partial charge in [-0.05, 0) is 256 Å². The Bertz CT molecular complexity index is 5730. The molecule has 5 heteroatoms. The molecule has 4 nitrogen and oxygen atoms in total. The van der Waals surface area contributed by atoms with Gasteiger partial charge in [-0.3, -0.25) is 0 Å². The van der Waals surface area contributed by atoms with Crippen LogP contribution in [0.3, 0.4) is 0 Å². The van der Waals surface area contributed by atoms with E-state index >= 15 is 0 Å². The molecule has 4 aliphatic rings. The van der Waals surface area contributed by atoms with Crippen molar-refractivity contribution in [3.8, 4) is 55.9 Å².